The molecule has 4 heteroatoms. The quantitative estimate of drug-likeness (QED) is 0.795. The Morgan fingerprint density at radius 3 is 2.62 bits per heavy atom. The van der Waals surface area contributed by atoms with Crippen LogP contribution in [-0.4, -0.2) is 24.7 Å². The number of anilines is 1. The molecule has 0 unspecified atom stereocenters. The van der Waals surface area contributed by atoms with Gasteiger partial charge in [0.2, 0.25) is 0 Å². The van der Waals surface area contributed by atoms with Crippen LogP contribution >= 0.6 is 0 Å². The van der Waals surface area contributed by atoms with Gasteiger partial charge >= 0.3 is 0 Å². The lowest BCUT2D eigenvalue weighted by Crippen LogP contribution is -2.24. The number of fused-ring (bicyclic) bond motifs is 2. The Balaban J connectivity index is 1.84. The van der Waals surface area contributed by atoms with Crippen LogP contribution in [0.4, 0.5) is 5.69 Å². The molecule has 4 nitrogen and oxygen atoms in total. The van der Waals surface area contributed by atoms with Gasteiger partial charge in [-0.25, -0.2) is 0 Å². The van der Waals surface area contributed by atoms with Crippen molar-refractivity contribution >= 4 is 16.6 Å². The maximum Gasteiger partial charge on any atom is 0.163 e. The fraction of sp³-hybridized carbons (Fsp3) is 0.591. The van der Waals surface area contributed by atoms with Crippen molar-refractivity contribution in [2.24, 2.45) is 0 Å². The lowest BCUT2D eigenvalue weighted by molar-refractivity contribution is 0.311. The van der Waals surface area contributed by atoms with Crippen LogP contribution < -0.4 is 14.8 Å². The van der Waals surface area contributed by atoms with Crippen LogP contribution in [0.5, 0.6) is 11.5 Å². The zero-order chi connectivity index (χ0) is 17.9. The summed E-state index contributed by atoms with van der Waals surface area (Å²) in [7, 11) is 1.71. The summed E-state index contributed by atoms with van der Waals surface area (Å²) < 4.78 is 11.4. The molecule has 0 saturated heterocycles. The van der Waals surface area contributed by atoms with Crippen LogP contribution in [0.15, 0.2) is 12.1 Å². The van der Waals surface area contributed by atoms with E-state index in [0.29, 0.717) is 12.6 Å². The summed E-state index contributed by atoms with van der Waals surface area (Å²) in [6, 6.07) is 4.75. The number of methoxy groups -OCH3 is 1. The van der Waals surface area contributed by atoms with Crippen molar-refractivity contribution in [2.75, 3.05) is 19.0 Å². The smallest absolute Gasteiger partial charge is 0.163 e. The van der Waals surface area contributed by atoms with Gasteiger partial charge in [-0.05, 0) is 57.1 Å². The summed E-state index contributed by atoms with van der Waals surface area (Å²) in [5.74, 6) is 1.58. The third-order valence-corrected chi connectivity index (χ3v) is 5.80. The SMILES string of the molecule is CCOc1cc2nc3c(c(NC4CCCCC4)c2cc1OC)CCCC3. The summed E-state index contributed by atoms with van der Waals surface area (Å²) in [6.07, 6.45) is 11.3. The number of pyridine rings is 1. The molecule has 1 aromatic heterocycles. The minimum absolute atomic E-state index is 0.581. The highest BCUT2D eigenvalue weighted by Gasteiger charge is 2.22. The number of nitrogens with zero attached hydrogens (tertiary/aromatic N) is 1. The van der Waals surface area contributed by atoms with Gasteiger partial charge in [-0.1, -0.05) is 19.3 Å². The maximum atomic E-state index is 5.78. The molecular formula is C22H30N2O2. The molecule has 26 heavy (non-hydrogen) atoms. The molecule has 0 aliphatic heterocycles. The number of benzene rings is 1. The van der Waals surface area contributed by atoms with E-state index < -0.39 is 0 Å². The van der Waals surface area contributed by atoms with Gasteiger partial charge in [0, 0.05) is 28.9 Å². The van der Waals surface area contributed by atoms with Gasteiger partial charge in [-0.15, -0.1) is 0 Å². The van der Waals surface area contributed by atoms with Gasteiger partial charge in [0.15, 0.2) is 11.5 Å². The van der Waals surface area contributed by atoms with E-state index in [-0.39, 0.29) is 0 Å². The van der Waals surface area contributed by atoms with Gasteiger partial charge in [-0.2, -0.15) is 0 Å². The van der Waals surface area contributed by atoms with Crippen molar-refractivity contribution in [3.63, 3.8) is 0 Å². The predicted octanol–water partition coefficient (Wildman–Crippen LogP) is 5.27. The first-order valence-electron chi connectivity index (χ1n) is 10.2. The second-order valence-corrected chi connectivity index (χ2v) is 7.55. The maximum absolute atomic E-state index is 5.78. The molecule has 140 valence electrons. The Hall–Kier alpha value is -1.97. The van der Waals surface area contributed by atoms with Gasteiger partial charge < -0.3 is 14.8 Å². The molecule has 1 saturated carbocycles. The zero-order valence-corrected chi connectivity index (χ0v) is 16.1. The van der Waals surface area contributed by atoms with Crippen LogP contribution in [0, 0.1) is 0 Å². The van der Waals surface area contributed by atoms with Crippen LogP contribution in [-0.2, 0) is 12.8 Å². The Morgan fingerprint density at radius 1 is 1.04 bits per heavy atom. The summed E-state index contributed by atoms with van der Waals surface area (Å²) in [4.78, 5) is 5.01. The summed E-state index contributed by atoms with van der Waals surface area (Å²) in [5.41, 5.74) is 5.03. The molecule has 1 aromatic carbocycles. The normalized spacial score (nSPS) is 17.8. The third kappa shape index (κ3) is 3.34. The minimum atomic E-state index is 0.581. The van der Waals surface area contributed by atoms with Gasteiger partial charge in [0.05, 0.1) is 19.2 Å². The highest BCUT2D eigenvalue weighted by molar-refractivity contribution is 5.96. The topological polar surface area (TPSA) is 43.4 Å². The molecule has 1 fully saturated rings. The number of aryl methyl sites for hydroxylation is 1. The standard InChI is InChI=1S/C22H30N2O2/c1-3-26-21-14-19-17(13-20(21)25-2)22(23-15-9-5-4-6-10-15)16-11-7-8-12-18(16)24-19/h13-15H,3-12H2,1-2H3,(H,23,24). The highest BCUT2D eigenvalue weighted by atomic mass is 16.5. The Bertz CT molecular complexity index is 782. The van der Waals surface area contributed by atoms with Crippen molar-refractivity contribution in [3.05, 3.63) is 23.4 Å². The second-order valence-electron chi connectivity index (χ2n) is 7.55. The van der Waals surface area contributed by atoms with Crippen molar-refractivity contribution in [1.29, 1.82) is 0 Å². The molecule has 0 bridgehead atoms. The molecule has 2 aliphatic carbocycles. The number of ether oxygens (including phenoxy) is 2. The average Bonchev–Trinajstić information content (AvgIpc) is 2.68. The van der Waals surface area contributed by atoms with Crippen LogP contribution in [0.25, 0.3) is 10.9 Å². The van der Waals surface area contributed by atoms with Gasteiger partial charge in [-0.3, -0.25) is 4.98 Å². The molecule has 0 amide bonds. The number of hydrogen-bond acceptors (Lipinski definition) is 4. The number of rotatable bonds is 5. The van der Waals surface area contributed by atoms with Gasteiger partial charge in [0.25, 0.3) is 0 Å². The number of aromatic nitrogens is 1. The molecule has 2 aromatic rings. The molecule has 4 rings (SSSR count). The minimum Gasteiger partial charge on any atom is -0.493 e. The first-order chi connectivity index (χ1) is 12.8. The summed E-state index contributed by atoms with van der Waals surface area (Å²) >= 11 is 0. The van der Waals surface area contributed by atoms with E-state index in [1.54, 1.807) is 7.11 Å². The highest BCUT2D eigenvalue weighted by Crippen LogP contribution is 2.40. The molecule has 0 spiro atoms. The number of nitrogens with one attached hydrogen (secondary N) is 1. The average molecular weight is 354 g/mol. The number of hydrogen-bond donors (Lipinski definition) is 1. The van der Waals surface area contributed by atoms with Gasteiger partial charge in [0.1, 0.15) is 0 Å². The van der Waals surface area contributed by atoms with Crippen molar-refractivity contribution in [1.82, 2.24) is 4.98 Å². The van der Waals surface area contributed by atoms with Crippen LogP contribution in [0.2, 0.25) is 0 Å². The third-order valence-electron chi connectivity index (χ3n) is 5.80. The molecule has 1 N–H and O–H groups in total. The second kappa shape index (κ2) is 7.73. The predicted molar refractivity (Wildman–Crippen MR) is 107 cm³/mol. The zero-order valence-electron chi connectivity index (χ0n) is 16.1. The molecular weight excluding hydrogens is 324 g/mol. The molecule has 0 atom stereocenters. The van der Waals surface area contributed by atoms with Crippen LogP contribution in [0.1, 0.15) is 63.1 Å². The first-order valence-corrected chi connectivity index (χ1v) is 10.2. The van der Waals surface area contributed by atoms with E-state index in [1.165, 1.54) is 67.3 Å². The van der Waals surface area contributed by atoms with Crippen molar-refractivity contribution in [2.45, 2.75) is 70.8 Å². The first kappa shape index (κ1) is 17.4. The fourth-order valence-corrected chi connectivity index (χ4v) is 4.48. The van der Waals surface area contributed by atoms with Crippen LogP contribution in [0.3, 0.4) is 0 Å². The van der Waals surface area contributed by atoms with Crippen molar-refractivity contribution in [3.8, 4) is 11.5 Å². The Morgan fingerprint density at radius 2 is 1.85 bits per heavy atom. The van der Waals surface area contributed by atoms with E-state index in [1.807, 2.05) is 6.92 Å². The summed E-state index contributed by atoms with van der Waals surface area (Å²) in [6.45, 7) is 2.62. The molecule has 1 heterocycles. The lowest BCUT2D eigenvalue weighted by atomic mass is 9.90. The van der Waals surface area contributed by atoms with E-state index >= 15 is 0 Å². The largest absolute Gasteiger partial charge is 0.493 e. The Kier molecular flexibility index (Phi) is 5.18. The van der Waals surface area contributed by atoms with E-state index in [0.717, 1.165) is 29.9 Å². The summed E-state index contributed by atoms with van der Waals surface area (Å²) in [5, 5.41) is 5.10. The van der Waals surface area contributed by atoms with E-state index in [2.05, 4.69) is 17.4 Å². The van der Waals surface area contributed by atoms with E-state index in [9.17, 15) is 0 Å². The Labute approximate surface area is 156 Å². The fourth-order valence-electron chi connectivity index (χ4n) is 4.48. The van der Waals surface area contributed by atoms with E-state index in [4.69, 9.17) is 14.5 Å². The molecule has 2 aliphatic rings. The lowest BCUT2D eigenvalue weighted by Gasteiger charge is -2.28. The van der Waals surface area contributed by atoms with Crippen molar-refractivity contribution < 1.29 is 9.47 Å². The monoisotopic (exact) mass is 354 g/mol. The molecule has 0 radical (unpaired) electrons.